The van der Waals surface area contributed by atoms with E-state index < -0.39 is 5.43 Å². The van der Waals surface area contributed by atoms with Gasteiger partial charge >= 0.3 is 0 Å². The van der Waals surface area contributed by atoms with Gasteiger partial charge in [0, 0.05) is 5.56 Å². The summed E-state index contributed by atoms with van der Waals surface area (Å²) in [5.41, 5.74) is 6.14. The molecule has 1 N–H and O–H groups in total. The quantitative estimate of drug-likeness (QED) is 0.282. The highest BCUT2D eigenvalue weighted by Gasteiger charge is 2.16. The lowest BCUT2D eigenvalue weighted by Gasteiger charge is -2.09. The smallest absolute Gasteiger partial charge is 0.235 e. The average molecular weight is 459 g/mol. The molecule has 1 heterocycles. The van der Waals surface area contributed by atoms with Crippen molar-refractivity contribution in [1.82, 2.24) is 0 Å². The van der Waals surface area contributed by atoms with Crippen molar-refractivity contribution in [2.45, 2.75) is 19.8 Å². The lowest BCUT2D eigenvalue weighted by Crippen LogP contribution is -2.03. The molecule has 0 radical (unpaired) electrons. The summed E-state index contributed by atoms with van der Waals surface area (Å²) in [4.78, 5) is 13.0. The normalized spacial score (nSPS) is 11.3. The van der Waals surface area contributed by atoms with E-state index in [1.54, 1.807) is 12.1 Å². The van der Waals surface area contributed by atoms with E-state index in [2.05, 4.69) is 43.3 Å². The van der Waals surface area contributed by atoms with E-state index in [1.807, 2.05) is 60.7 Å². The van der Waals surface area contributed by atoms with E-state index in [-0.39, 0.29) is 11.5 Å². The first-order chi connectivity index (χ1) is 17.1. The molecule has 5 aromatic rings. The highest BCUT2D eigenvalue weighted by Crippen LogP contribution is 2.32. The van der Waals surface area contributed by atoms with Gasteiger partial charge in [-0.2, -0.15) is 0 Å². The minimum absolute atomic E-state index is 0.188. The van der Waals surface area contributed by atoms with Crippen LogP contribution >= 0.6 is 0 Å². The summed E-state index contributed by atoms with van der Waals surface area (Å²) in [6.45, 7) is 2.12. The van der Waals surface area contributed by atoms with E-state index in [1.165, 1.54) is 11.1 Å². The van der Waals surface area contributed by atoms with Crippen LogP contribution in [0.1, 0.15) is 30.0 Å². The number of benzene rings is 4. The predicted molar refractivity (Wildman–Crippen MR) is 144 cm³/mol. The standard InChI is InChI=1S/C32H26O3/c1-2-3-7-22-10-12-23(13-11-22)20-24-14-16-26(17-15-24)32-31(34)30(33)28-21-27(18-19-29(28)35-32)25-8-5-4-6-9-25/h3-19,21,34H,2,20H2,1H3/b7-3+. The summed E-state index contributed by atoms with van der Waals surface area (Å²) in [6, 6.07) is 31.6. The number of rotatable bonds is 6. The third kappa shape index (κ3) is 4.80. The Labute approximate surface area is 204 Å². The van der Waals surface area contributed by atoms with Crippen LogP contribution in [-0.2, 0) is 6.42 Å². The fourth-order valence-corrected chi connectivity index (χ4v) is 4.20. The van der Waals surface area contributed by atoms with Crippen LogP contribution in [0.25, 0.3) is 39.5 Å². The molecule has 0 atom stereocenters. The van der Waals surface area contributed by atoms with E-state index in [0.29, 0.717) is 16.5 Å². The molecule has 3 nitrogen and oxygen atoms in total. The van der Waals surface area contributed by atoms with Gasteiger partial charge in [-0.1, -0.05) is 104 Å². The average Bonchev–Trinajstić information content (AvgIpc) is 2.91. The molecule has 0 bridgehead atoms. The van der Waals surface area contributed by atoms with Gasteiger partial charge in [0.2, 0.25) is 11.2 Å². The summed E-state index contributed by atoms with van der Waals surface area (Å²) in [6.07, 6.45) is 6.10. The summed E-state index contributed by atoms with van der Waals surface area (Å²) < 4.78 is 6.00. The van der Waals surface area contributed by atoms with Crippen molar-refractivity contribution in [3.8, 4) is 28.2 Å². The maximum atomic E-state index is 13.0. The van der Waals surface area contributed by atoms with Crippen LogP contribution in [0, 0.1) is 0 Å². The fraction of sp³-hybridized carbons (Fsp3) is 0.0938. The Balaban J connectivity index is 1.41. The van der Waals surface area contributed by atoms with E-state index in [9.17, 15) is 9.90 Å². The number of aromatic hydroxyl groups is 1. The molecule has 35 heavy (non-hydrogen) atoms. The molecule has 3 heteroatoms. The molecule has 0 saturated carbocycles. The van der Waals surface area contributed by atoms with Gasteiger partial charge in [0.1, 0.15) is 5.58 Å². The van der Waals surface area contributed by atoms with Crippen LogP contribution in [0.15, 0.2) is 112 Å². The third-order valence-corrected chi connectivity index (χ3v) is 6.12. The van der Waals surface area contributed by atoms with Crippen LogP contribution in [-0.4, -0.2) is 5.11 Å². The molecule has 0 unspecified atom stereocenters. The molecule has 0 aliphatic rings. The molecule has 0 saturated heterocycles. The molecule has 0 aliphatic heterocycles. The molecule has 0 amide bonds. The van der Waals surface area contributed by atoms with Gasteiger partial charge in [-0.15, -0.1) is 0 Å². The fourth-order valence-electron chi connectivity index (χ4n) is 4.20. The van der Waals surface area contributed by atoms with Crippen LogP contribution in [0.4, 0.5) is 0 Å². The minimum atomic E-state index is -0.430. The second kappa shape index (κ2) is 9.86. The van der Waals surface area contributed by atoms with Crippen molar-refractivity contribution in [2.75, 3.05) is 0 Å². The summed E-state index contributed by atoms with van der Waals surface area (Å²) in [5.74, 6) is -0.181. The molecule has 0 aliphatic carbocycles. The topological polar surface area (TPSA) is 50.4 Å². The van der Waals surface area contributed by atoms with Gasteiger partial charge in [-0.05, 0) is 52.8 Å². The second-order valence-electron chi connectivity index (χ2n) is 8.61. The largest absolute Gasteiger partial charge is 0.502 e. The molecule has 1 aromatic heterocycles. The van der Waals surface area contributed by atoms with Gasteiger partial charge in [0.25, 0.3) is 0 Å². The van der Waals surface area contributed by atoms with E-state index in [0.717, 1.165) is 29.5 Å². The Bertz CT molecular complexity index is 1540. The SMILES string of the molecule is CC/C=C/c1ccc(Cc2ccc(-c3oc4ccc(-c5ccccc5)cc4c(=O)c3O)cc2)cc1. The second-order valence-corrected chi connectivity index (χ2v) is 8.61. The van der Waals surface area contributed by atoms with Crippen molar-refractivity contribution in [3.63, 3.8) is 0 Å². The summed E-state index contributed by atoms with van der Waals surface area (Å²) in [5, 5.41) is 11.1. The molecule has 5 rings (SSSR count). The number of fused-ring (bicyclic) bond motifs is 1. The zero-order valence-corrected chi connectivity index (χ0v) is 19.6. The van der Waals surface area contributed by atoms with Gasteiger partial charge in [0.15, 0.2) is 5.76 Å². The number of hydrogen-bond donors (Lipinski definition) is 1. The van der Waals surface area contributed by atoms with Gasteiger partial charge < -0.3 is 9.52 Å². The Morgan fingerprint density at radius 3 is 2.11 bits per heavy atom. The molecular formula is C32H26O3. The molecular weight excluding hydrogens is 432 g/mol. The molecule has 0 spiro atoms. The highest BCUT2D eigenvalue weighted by molar-refractivity contribution is 5.86. The third-order valence-electron chi connectivity index (χ3n) is 6.12. The maximum Gasteiger partial charge on any atom is 0.235 e. The predicted octanol–water partition coefficient (Wildman–Crippen LogP) is 7.85. The van der Waals surface area contributed by atoms with Crippen molar-refractivity contribution < 1.29 is 9.52 Å². The first-order valence-electron chi connectivity index (χ1n) is 11.8. The van der Waals surface area contributed by atoms with Crippen molar-refractivity contribution in [1.29, 1.82) is 0 Å². The number of hydrogen-bond acceptors (Lipinski definition) is 3. The van der Waals surface area contributed by atoms with E-state index in [4.69, 9.17) is 4.42 Å². The zero-order chi connectivity index (χ0) is 24.2. The Morgan fingerprint density at radius 1 is 0.771 bits per heavy atom. The summed E-state index contributed by atoms with van der Waals surface area (Å²) in [7, 11) is 0. The monoisotopic (exact) mass is 458 g/mol. The van der Waals surface area contributed by atoms with Crippen LogP contribution < -0.4 is 5.43 Å². The Hall–Kier alpha value is -4.37. The van der Waals surface area contributed by atoms with Crippen LogP contribution in [0.5, 0.6) is 5.75 Å². The first-order valence-corrected chi connectivity index (χ1v) is 11.8. The molecule has 4 aromatic carbocycles. The number of allylic oxidation sites excluding steroid dienone is 1. The van der Waals surface area contributed by atoms with Crippen molar-refractivity contribution in [2.24, 2.45) is 0 Å². The summed E-state index contributed by atoms with van der Waals surface area (Å²) >= 11 is 0. The first kappa shape index (κ1) is 22.4. The van der Waals surface area contributed by atoms with E-state index >= 15 is 0 Å². The zero-order valence-electron chi connectivity index (χ0n) is 19.6. The van der Waals surface area contributed by atoms with Crippen molar-refractivity contribution >= 4 is 17.0 Å². The van der Waals surface area contributed by atoms with Crippen LogP contribution in [0.3, 0.4) is 0 Å². The van der Waals surface area contributed by atoms with Crippen molar-refractivity contribution in [3.05, 3.63) is 130 Å². The highest BCUT2D eigenvalue weighted by atomic mass is 16.4. The molecule has 172 valence electrons. The van der Waals surface area contributed by atoms with Gasteiger partial charge in [-0.3, -0.25) is 4.79 Å². The lowest BCUT2D eigenvalue weighted by atomic mass is 10.0. The minimum Gasteiger partial charge on any atom is -0.502 e. The Kier molecular flexibility index (Phi) is 6.32. The lowest BCUT2D eigenvalue weighted by molar-refractivity contribution is 0.449. The Morgan fingerprint density at radius 2 is 1.43 bits per heavy atom. The van der Waals surface area contributed by atoms with Gasteiger partial charge in [0.05, 0.1) is 5.39 Å². The maximum absolute atomic E-state index is 13.0. The van der Waals surface area contributed by atoms with Crippen LogP contribution in [0.2, 0.25) is 0 Å². The molecule has 0 fully saturated rings. The van der Waals surface area contributed by atoms with Gasteiger partial charge in [-0.25, -0.2) is 0 Å².